The van der Waals surface area contributed by atoms with Gasteiger partial charge in [0.05, 0.1) is 6.61 Å². The third kappa shape index (κ3) is 9.26. The smallest absolute Gasteiger partial charge is 0.387 e. The van der Waals surface area contributed by atoms with Crippen LogP contribution in [0.3, 0.4) is 0 Å². The first-order chi connectivity index (χ1) is 28.1. The highest BCUT2D eigenvalue weighted by Gasteiger charge is 2.25. The maximum atomic E-state index is 13.4. The number of halogens is 4. The van der Waals surface area contributed by atoms with Crippen LogP contribution >= 0.6 is 0 Å². The van der Waals surface area contributed by atoms with Gasteiger partial charge in [0.15, 0.2) is 11.2 Å². The van der Waals surface area contributed by atoms with E-state index in [0.29, 0.717) is 66.2 Å². The molecule has 0 amide bonds. The molecule has 0 spiro atoms. The van der Waals surface area contributed by atoms with Gasteiger partial charge in [0.1, 0.15) is 35.2 Å². The summed E-state index contributed by atoms with van der Waals surface area (Å²) in [7, 11) is 0. The van der Waals surface area contributed by atoms with Gasteiger partial charge in [-0.3, -0.25) is 4.79 Å². The molecule has 58 heavy (non-hydrogen) atoms. The summed E-state index contributed by atoms with van der Waals surface area (Å²) in [5.41, 5.74) is 6.81. The number of benzene rings is 4. The molecular formula is C42H43F4N5O7. The number of fused-ring (bicyclic) bond motifs is 2. The highest BCUT2D eigenvalue weighted by Crippen LogP contribution is 2.39. The molecule has 0 unspecified atom stereocenters. The first kappa shape index (κ1) is 40.6. The topological polar surface area (TPSA) is 153 Å². The molecule has 0 radical (unpaired) electrons. The molecule has 1 aliphatic rings. The van der Waals surface area contributed by atoms with E-state index in [1.165, 1.54) is 18.2 Å². The Balaban J connectivity index is 1.16. The summed E-state index contributed by atoms with van der Waals surface area (Å²) in [5.74, 6) is -0.110. The number of aliphatic hydroxyl groups excluding tert-OH is 1. The number of esters is 1. The molecule has 1 fully saturated rings. The van der Waals surface area contributed by atoms with Crippen LogP contribution in [-0.4, -0.2) is 73.1 Å². The van der Waals surface area contributed by atoms with Crippen molar-refractivity contribution in [2.75, 3.05) is 32.8 Å². The van der Waals surface area contributed by atoms with E-state index < -0.39 is 25.2 Å². The van der Waals surface area contributed by atoms with Crippen molar-refractivity contribution in [2.45, 2.75) is 65.5 Å². The standard InChI is InChI=1S/C42H43F4N5O7/c1-23-27(7-3-9-29(23)38-50-32-17-25(21-48-13-6-12-47-15-16-52)34(57-41(43)44)19-36(32)55-38)28-8-4-10-30(24(28)2)39-51-33-18-26(22-54-40(53)31-11-5-14-49-31)35(58-42(45)46)20-37(33)56-39/h3-4,7-10,17-20,31,41-42,47-49,52H,5-6,11-16,21-22H2,1-2H3/t31-/m0/s1. The Labute approximate surface area is 330 Å². The summed E-state index contributed by atoms with van der Waals surface area (Å²) in [5, 5.41) is 18.3. The van der Waals surface area contributed by atoms with Crippen LogP contribution in [-0.2, 0) is 22.7 Å². The van der Waals surface area contributed by atoms with Crippen LogP contribution in [0.1, 0.15) is 41.5 Å². The molecule has 12 nitrogen and oxygen atoms in total. The van der Waals surface area contributed by atoms with E-state index in [1.54, 1.807) is 6.07 Å². The predicted octanol–water partition coefficient (Wildman–Crippen LogP) is 7.65. The summed E-state index contributed by atoms with van der Waals surface area (Å²) in [4.78, 5) is 22.0. The zero-order valence-electron chi connectivity index (χ0n) is 31.9. The quantitative estimate of drug-likeness (QED) is 0.0384. The minimum atomic E-state index is -3.11. The van der Waals surface area contributed by atoms with Crippen LogP contribution in [0.25, 0.3) is 56.2 Å². The second-order valence-electron chi connectivity index (χ2n) is 13.9. The van der Waals surface area contributed by atoms with Crippen LogP contribution in [0.5, 0.6) is 11.5 Å². The Bertz CT molecular complexity index is 2380. The summed E-state index contributed by atoms with van der Waals surface area (Å²) in [6.45, 7) is 0.262. The van der Waals surface area contributed by atoms with Gasteiger partial charge in [0, 0.05) is 47.5 Å². The number of carbonyl (C=O) groups excluding carboxylic acids is 1. The Hall–Kier alpha value is -5.55. The summed E-state index contributed by atoms with van der Waals surface area (Å²) < 4.78 is 81.0. The van der Waals surface area contributed by atoms with E-state index in [-0.39, 0.29) is 53.9 Å². The van der Waals surface area contributed by atoms with Crippen LogP contribution in [0.15, 0.2) is 69.5 Å². The first-order valence-corrected chi connectivity index (χ1v) is 19.0. The van der Waals surface area contributed by atoms with Gasteiger partial charge >= 0.3 is 19.2 Å². The number of carbonyl (C=O) groups is 1. The minimum Gasteiger partial charge on any atom is -0.460 e. The van der Waals surface area contributed by atoms with Crippen molar-refractivity contribution in [3.8, 4) is 45.5 Å². The summed E-state index contributed by atoms with van der Waals surface area (Å²) in [6.07, 6.45) is 2.25. The van der Waals surface area contributed by atoms with Crippen LogP contribution in [0.2, 0.25) is 0 Å². The van der Waals surface area contributed by atoms with Crippen LogP contribution in [0, 0.1) is 13.8 Å². The Morgan fingerprint density at radius 3 is 1.91 bits per heavy atom. The van der Waals surface area contributed by atoms with Gasteiger partial charge in [-0.1, -0.05) is 24.3 Å². The molecule has 1 atom stereocenters. The number of oxazole rings is 2. The maximum Gasteiger partial charge on any atom is 0.387 e. The lowest BCUT2D eigenvalue weighted by Crippen LogP contribution is -2.32. The fourth-order valence-electron chi connectivity index (χ4n) is 7.11. The average Bonchev–Trinajstić information content (AvgIpc) is 3.97. The molecule has 3 heterocycles. The van der Waals surface area contributed by atoms with E-state index >= 15 is 0 Å². The predicted molar refractivity (Wildman–Crippen MR) is 208 cm³/mol. The van der Waals surface area contributed by atoms with Gasteiger partial charge in [0.25, 0.3) is 0 Å². The largest absolute Gasteiger partial charge is 0.460 e. The number of aliphatic hydroxyl groups is 1. The van der Waals surface area contributed by atoms with E-state index in [0.717, 1.165) is 35.1 Å². The van der Waals surface area contributed by atoms with Gasteiger partial charge < -0.3 is 44.1 Å². The first-order valence-electron chi connectivity index (χ1n) is 19.0. The van der Waals surface area contributed by atoms with E-state index in [1.807, 2.05) is 50.2 Å². The SMILES string of the molecule is Cc1c(-c2nc3cc(CNCCCNCCO)c(OC(F)F)cc3o2)cccc1-c1cccc(-c2nc3cc(COC(=O)[C@@H]4CCCN4)c(OC(F)F)cc3o2)c1C. The second kappa shape index (κ2) is 18.4. The van der Waals surface area contributed by atoms with Gasteiger partial charge in [0.2, 0.25) is 11.8 Å². The minimum absolute atomic E-state index is 0.0116. The molecule has 6 aromatic rings. The zero-order valence-corrected chi connectivity index (χ0v) is 31.9. The van der Waals surface area contributed by atoms with Crippen LogP contribution < -0.4 is 25.4 Å². The van der Waals surface area contributed by atoms with Gasteiger partial charge in [-0.05, 0) is 99.3 Å². The highest BCUT2D eigenvalue weighted by molar-refractivity contribution is 5.85. The number of rotatable bonds is 18. The van der Waals surface area contributed by atoms with E-state index in [9.17, 15) is 22.4 Å². The molecule has 0 bridgehead atoms. The number of ether oxygens (including phenoxy) is 3. The number of aromatic nitrogens is 2. The molecule has 0 saturated carbocycles. The fraction of sp³-hybridized carbons (Fsp3) is 0.357. The maximum absolute atomic E-state index is 13.4. The molecule has 7 rings (SSSR count). The Morgan fingerprint density at radius 1 is 0.810 bits per heavy atom. The lowest BCUT2D eigenvalue weighted by Gasteiger charge is -2.14. The molecule has 2 aromatic heterocycles. The molecule has 16 heteroatoms. The third-order valence-electron chi connectivity index (χ3n) is 10.0. The van der Waals surface area contributed by atoms with E-state index in [4.69, 9.17) is 33.1 Å². The van der Waals surface area contributed by atoms with Crippen molar-refractivity contribution in [1.82, 2.24) is 25.9 Å². The van der Waals surface area contributed by atoms with Crippen molar-refractivity contribution in [3.05, 3.63) is 82.9 Å². The van der Waals surface area contributed by atoms with Gasteiger partial charge in [-0.15, -0.1) is 0 Å². The number of alkyl halides is 4. The molecule has 1 saturated heterocycles. The van der Waals surface area contributed by atoms with Gasteiger partial charge in [-0.2, -0.15) is 17.6 Å². The van der Waals surface area contributed by atoms with Gasteiger partial charge in [-0.25, -0.2) is 9.97 Å². The normalized spacial score (nSPS) is 14.3. The zero-order chi connectivity index (χ0) is 40.8. The van der Waals surface area contributed by atoms with Crippen molar-refractivity contribution >= 4 is 28.2 Å². The monoisotopic (exact) mass is 805 g/mol. The number of hydrogen-bond donors (Lipinski definition) is 4. The van der Waals surface area contributed by atoms with Crippen molar-refractivity contribution in [2.24, 2.45) is 0 Å². The lowest BCUT2D eigenvalue weighted by atomic mass is 9.91. The number of nitrogens with one attached hydrogen (secondary N) is 3. The highest BCUT2D eigenvalue weighted by atomic mass is 19.3. The summed E-state index contributed by atoms with van der Waals surface area (Å²) >= 11 is 0. The van der Waals surface area contributed by atoms with Crippen LogP contribution in [0.4, 0.5) is 17.6 Å². The molecular weight excluding hydrogens is 762 g/mol. The molecule has 306 valence electrons. The average molecular weight is 806 g/mol. The molecule has 0 aliphatic carbocycles. The second-order valence-corrected chi connectivity index (χ2v) is 13.9. The number of nitrogens with zero attached hydrogens (tertiary/aromatic N) is 2. The third-order valence-corrected chi connectivity index (χ3v) is 10.0. The molecule has 4 N–H and O–H groups in total. The van der Waals surface area contributed by atoms with Crippen molar-refractivity contribution in [3.63, 3.8) is 0 Å². The Kier molecular flexibility index (Phi) is 12.9. The van der Waals surface area contributed by atoms with Crippen molar-refractivity contribution < 1.29 is 50.5 Å². The fourth-order valence-corrected chi connectivity index (χ4v) is 7.11. The summed E-state index contributed by atoms with van der Waals surface area (Å²) in [6, 6.07) is 16.9. The Morgan fingerprint density at radius 2 is 1.36 bits per heavy atom. The molecule has 4 aromatic carbocycles. The van der Waals surface area contributed by atoms with Crippen molar-refractivity contribution in [1.29, 1.82) is 0 Å². The lowest BCUT2D eigenvalue weighted by molar-refractivity contribution is -0.147. The molecule has 1 aliphatic heterocycles. The number of hydrogen-bond acceptors (Lipinski definition) is 12. The van der Waals surface area contributed by atoms with E-state index in [2.05, 4.69) is 20.9 Å².